The molecule has 3 aromatic heterocycles. The lowest BCUT2D eigenvalue weighted by Gasteiger charge is -2.30. The van der Waals surface area contributed by atoms with Crippen molar-refractivity contribution in [3.05, 3.63) is 89.3 Å². The molecular formula is C43H42N6O7. The molecule has 0 radical (unpaired) electrons. The number of fused-ring (bicyclic) bond motifs is 7. The van der Waals surface area contributed by atoms with Crippen LogP contribution in [0.5, 0.6) is 11.5 Å². The number of benzene rings is 3. The van der Waals surface area contributed by atoms with Crippen molar-refractivity contribution in [3.63, 3.8) is 0 Å². The SMILES string of the molecule is CCC(O)(CC)C(=O)N[C@H]1Cc2ccc3c(c2)C24c5cccc(c5NC2O3)-c2ccc(OC)c3c2c(cn3C)-c2cnc(o2)-c2nc(oc24)[C@H](C(C)C)NC1=O. The summed E-state index contributed by atoms with van der Waals surface area (Å²) in [6, 6.07) is 14.4. The molecule has 1 spiro atoms. The second kappa shape index (κ2) is 12.0. The maximum absolute atomic E-state index is 14.3. The first-order valence-corrected chi connectivity index (χ1v) is 19.2. The van der Waals surface area contributed by atoms with Gasteiger partial charge in [0.1, 0.15) is 34.6 Å². The number of oxazole rings is 2. The minimum absolute atomic E-state index is 0.156. The lowest BCUT2D eigenvalue weighted by Crippen LogP contribution is -2.55. The summed E-state index contributed by atoms with van der Waals surface area (Å²) < 4.78 is 28.5. The molecule has 286 valence electrons. The molecule has 13 nitrogen and oxygen atoms in total. The molecule has 0 aliphatic carbocycles. The Morgan fingerprint density at radius 3 is 2.68 bits per heavy atom. The fourth-order valence-corrected chi connectivity index (χ4v) is 9.21. The normalized spacial score (nSPS) is 21.4. The molecule has 2 unspecified atom stereocenters. The Bertz CT molecular complexity index is 2630. The number of aliphatic hydroxyl groups is 1. The van der Waals surface area contributed by atoms with Crippen LogP contribution in [-0.2, 0) is 28.5 Å². The monoisotopic (exact) mass is 754 g/mol. The van der Waals surface area contributed by atoms with Gasteiger partial charge in [0.05, 0.1) is 18.8 Å². The molecule has 6 aromatic rings. The van der Waals surface area contributed by atoms with Crippen molar-refractivity contribution in [1.82, 2.24) is 25.2 Å². The molecular weight excluding hydrogens is 713 g/mol. The first kappa shape index (κ1) is 34.4. The number of nitrogens with one attached hydrogen (secondary N) is 3. The molecule has 4 atom stereocenters. The second-order valence-corrected chi connectivity index (χ2v) is 15.7. The van der Waals surface area contributed by atoms with E-state index in [1.807, 2.05) is 55.9 Å². The zero-order valence-electron chi connectivity index (χ0n) is 31.9. The Kier molecular flexibility index (Phi) is 7.35. The Morgan fingerprint density at radius 2 is 1.91 bits per heavy atom. The Balaban J connectivity index is 1.28. The standard InChI is InChI=1S/C43H42N6O7/c1-7-42(52,8-2)40(51)45-27-17-21-12-14-28-26(16-21)43-25-11-9-10-23(33(25)48-41(43)55-28)22-13-15-29(53-6)35-31(22)24(19-49(35)5)30-18-44-38(54-30)34-36(43)56-39(47-34)32(20(3)4)46-37(27)50/h9-16,18-20,27,32,41,48,52H,7-8,17H2,1-6H3,(H,45,51)(H,46,50)/t27-,32-,41?,43?/m0/s1. The van der Waals surface area contributed by atoms with Crippen molar-refractivity contribution in [3.8, 4) is 45.5 Å². The molecule has 7 heterocycles. The highest BCUT2D eigenvalue weighted by Crippen LogP contribution is 2.61. The number of anilines is 1. The van der Waals surface area contributed by atoms with E-state index in [0.29, 0.717) is 23.0 Å². The number of aryl methyl sites for hydroxylation is 1. The van der Waals surface area contributed by atoms with Crippen LogP contribution < -0.4 is 25.4 Å². The summed E-state index contributed by atoms with van der Waals surface area (Å²) in [7, 11) is 3.65. The molecule has 10 rings (SSSR count). The maximum atomic E-state index is 14.3. The summed E-state index contributed by atoms with van der Waals surface area (Å²) in [6.07, 6.45) is 3.62. The van der Waals surface area contributed by atoms with E-state index in [1.165, 1.54) is 0 Å². The number of hydrogen-bond acceptors (Lipinski definition) is 10. The Labute approximate surface area is 322 Å². The summed E-state index contributed by atoms with van der Waals surface area (Å²) >= 11 is 0. The Hall–Kier alpha value is -6.08. The van der Waals surface area contributed by atoms with E-state index in [0.717, 1.165) is 55.7 Å². The van der Waals surface area contributed by atoms with Crippen LogP contribution in [0.25, 0.3) is 44.9 Å². The molecule has 3 aromatic carbocycles. The summed E-state index contributed by atoms with van der Waals surface area (Å²) in [5.74, 6) is 1.67. The van der Waals surface area contributed by atoms with Crippen LogP contribution in [0.2, 0.25) is 0 Å². The van der Waals surface area contributed by atoms with Crippen molar-refractivity contribution in [2.24, 2.45) is 13.0 Å². The van der Waals surface area contributed by atoms with Crippen LogP contribution >= 0.6 is 0 Å². The highest BCUT2D eigenvalue weighted by Gasteiger charge is 2.61. The third kappa shape index (κ3) is 4.51. The lowest BCUT2D eigenvalue weighted by molar-refractivity contribution is -0.143. The van der Waals surface area contributed by atoms with E-state index in [4.69, 9.17) is 28.3 Å². The maximum Gasteiger partial charge on any atom is 0.252 e. The molecule has 0 saturated heterocycles. The van der Waals surface area contributed by atoms with Gasteiger partial charge in [-0.3, -0.25) is 9.59 Å². The highest BCUT2D eigenvalue weighted by atomic mass is 16.5. The van der Waals surface area contributed by atoms with Gasteiger partial charge >= 0.3 is 0 Å². The predicted molar refractivity (Wildman–Crippen MR) is 207 cm³/mol. The average molecular weight is 755 g/mol. The molecule has 4 aliphatic rings. The van der Waals surface area contributed by atoms with Crippen molar-refractivity contribution in [2.75, 3.05) is 12.4 Å². The molecule has 0 saturated carbocycles. The minimum atomic E-state index is -1.62. The molecule has 4 N–H and O–H groups in total. The quantitative estimate of drug-likeness (QED) is 0.150. The van der Waals surface area contributed by atoms with Gasteiger partial charge in [-0.15, -0.1) is 0 Å². The van der Waals surface area contributed by atoms with Crippen LogP contribution in [0.4, 0.5) is 5.69 Å². The fraction of sp³-hybridized carbons (Fsp3) is 0.349. The number of aromatic nitrogens is 3. The first-order valence-electron chi connectivity index (χ1n) is 19.2. The molecule has 10 bridgehead atoms. The molecule has 56 heavy (non-hydrogen) atoms. The molecule has 13 heteroatoms. The third-order valence-electron chi connectivity index (χ3n) is 12.3. The smallest absolute Gasteiger partial charge is 0.252 e. The van der Waals surface area contributed by atoms with Gasteiger partial charge in [0.25, 0.3) is 5.91 Å². The van der Waals surface area contributed by atoms with E-state index < -0.39 is 41.1 Å². The summed E-state index contributed by atoms with van der Waals surface area (Å²) in [4.78, 5) is 37.9. The zero-order valence-corrected chi connectivity index (χ0v) is 31.9. The van der Waals surface area contributed by atoms with E-state index in [-0.39, 0.29) is 37.0 Å². The number of nitrogens with zero attached hydrogens (tertiary/aromatic N) is 3. The van der Waals surface area contributed by atoms with Crippen molar-refractivity contribution in [2.45, 2.75) is 76.3 Å². The number of rotatable bonds is 6. The molecule has 0 fully saturated rings. The largest absolute Gasteiger partial charge is 0.495 e. The summed E-state index contributed by atoms with van der Waals surface area (Å²) in [6.45, 7) is 7.44. The summed E-state index contributed by atoms with van der Waals surface area (Å²) in [5.41, 5.74) is 4.72. The fourth-order valence-electron chi connectivity index (χ4n) is 9.21. The van der Waals surface area contributed by atoms with E-state index in [1.54, 1.807) is 27.2 Å². The first-order chi connectivity index (χ1) is 27.0. The van der Waals surface area contributed by atoms with Gasteiger partial charge in [-0.1, -0.05) is 58.0 Å². The van der Waals surface area contributed by atoms with E-state index in [2.05, 4.69) is 40.2 Å². The van der Waals surface area contributed by atoms with Crippen molar-refractivity contribution in [1.29, 1.82) is 0 Å². The lowest BCUT2D eigenvalue weighted by atomic mass is 9.72. The van der Waals surface area contributed by atoms with Crippen LogP contribution in [0.3, 0.4) is 0 Å². The Morgan fingerprint density at radius 1 is 1.09 bits per heavy atom. The average Bonchev–Trinajstić information content (AvgIpc) is 4.02. The number of para-hydroxylation sites is 1. The topological polar surface area (TPSA) is 166 Å². The van der Waals surface area contributed by atoms with Gasteiger partial charge in [-0.05, 0) is 48.1 Å². The predicted octanol–water partition coefficient (Wildman–Crippen LogP) is 6.36. The van der Waals surface area contributed by atoms with Gasteiger partial charge < -0.3 is 43.9 Å². The van der Waals surface area contributed by atoms with Gasteiger partial charge in [-0.25, -0.2) is 9.97 Å². The molecule has 4 aliphatic heterocycles. The van der Waals surface area contributed by atoms with Crippen LogP contribution in [-0.4, -0.2) is 56.4 Å². The number of methoxy groups -OCH3 is 1. The molecule has 2 amide bonds. The number of carbonyl (C=O) groups is 2. The van der Waals surface area contributed by atoms with Crippen LogP contribution in [0, 0.1) is 5.92 Å². The highest BCUT2D eigenvalue weighted by molar-refractivity contribution is 6.10. The zero-order chi connectivity index (χ0) is 38.8. The minimum Gasteiger partial charge on any atom is -0.495 e. The van der Waals surface area contributed by atoms with Gasteiger partial charge in [0, 0.05) is 53.0 Å². The van der Waals surface area contributed by atoms with Crippen molar-refractivity contribution >= 4 is 28.4 Å². The third-order valence-corrected chi connectivity index (χ3v) is 12.3. The van der Waals surface area contributed by atoms with Gasteiger partial charge in [-0.2, -0.15) is 0 Å². The number of ether oxygens (including phenoxy) is 2. The van der Waals surface area contributed by atoms with E-state index >= 15 is 0 Å². The number of carbonyl (C=O) groups excluding carboxylic acids is 2. The van der Waals surface area contributed by atoms with Gasteiger partial charge in [0.15, 0.2) is 23.4 Å². The number of amides is 2. The van der Waals surface area contributed by atoms with Crippen LogP contribution in [0.15, 0.2) is 69.8 Å². The second-order valence-electron chi connectivity index (χ2n) is 15.7. The van der Waals surface area contributed by atoms with Crippen LogP contribution in [0.1, 0.15) is 74.9 Å². The van der Waals surface area contributed by atoms with Gasteiger partial charge in [0.2, 0.25) is 17.7 Å². The van der Waals surface area contributed by atoms with E-state index in [9.17, 15) is 14.7 Å². The van der Waals surface area contributed by atoms with Crippen molar-refractivity contribution < 1.29 is 33.0 Å². The summed E-state index contributed by atoms with van der Waals surface area (Å²) in [5, 5.41) is 21.9. The number of hydrogen-bond donors (Lipinski definition) is 4.